The number of amides is 2. The molecule has 0 aromatic carbocycles. The number of rotatable bonds is 3. The van der Waals surface area contributed by atoms with E-state index in [2.05, 4.69) is 39.1 Å². The van der Waals surface area contributed by atoms with Gasteiger partial charge in [0.15, 0.2) is 0 Å². The molecule has 1 N–H and O–H groups in total. The van der Waals surface area contributed by atoms with Crippen LogP contribution >= 0.6 is 0 Å². The highest BCUT2D eigenvalue weighted by Crippen LogP contribution is 2.23. The standard InChI is InChI=1S/C19H25N5O/c1-13-8-14(2)24(22-13)17-6-7-23(12-17)19(25)21-11-15-9-16-4-3-5-18(16)20-10-15/h8-10,17H,3-7,11-12H2,1-2H3,(H,21,25)/t17-/m0/s1. The lowest BCUT2D eigenvalue weighted by Gasteiger charge is -2.18. The predicted octanol–water partition coefficient (Wildman–Crippen LogP) is 2.54. The molecular formula is C19H25N5O. The Morgan fingerprint density at radius 1 is 1.32 bits per heavy atom. The Kier molecular flexibility index (Phi) is 4.19. The molecular weight excluding hydrogens is 314 g/mol. The number of fused-ring (bicyclic) bond motifs is 1. The van der Waals surface area contributed by atoms with Crippen LogP contribution in [0.4, 0.5) is 4.79 Å². The Balaban J connectivity index is 1.34. The molecule has 4 rings (SSSR count). The van der Waals surface area contributed by atoms with E-state index >= 15 is 0 Å². The summed E-state index contributed by atoms with van der Waals surface area (Å²) in [4.78, 5) is 18.9. The summed E-state index contributed by atoms with van der Waals surface area (Å²) in [7, 11) is 0. The van der Waals surface area contributed by atoms with E-state index in [1.54, 1.807) is 0 Å². The zero-order valence-corrected chi connectivity index (χ0v) is 15.0. The van der Waals surface area contributed by atoms with E-state index in [-0.39, 0.29) is 12.1 Å². The Morgan fingerprint density at radius 2 is 2.20 bits per heavy atom. The molecule has 1 atom stereocenters. The van der Waals surface area contributed by atoms with Gasteiger partial charge in [-0.05, 0) is 56.7 Å². The van der Waals surface area contributed by atoms with Crippen molar-refractivity contribution >= 4 is 6.03 Å². The average molecular weight is 339 g/mol. The number of nitrogens with zero attached hydrogens (tertiary/aromatic N) is 4. The maximum absolute atomic E-state index is 12.5. The van der Waals surface area contributed by atoms with E-state index < -0.39 is 0 Å². The molecule has 0 spiro atoms. The highest BCUT2D eigenvalue weighted by atomic mass is 16.2. The van der Waals surface area contributed by atoms with Crippen LogP contribution in [-0.2, 0) is 19.4 Å². The fraction of sp³-hybridized carbons (Fsp3) is 0.526. The number of aryl methyl sites for hydroxylation is 4. The van der Waals surface area contributed by atoms with E-state index in [1.165, 1.54) is 17.7 Å². The maximum atomic E-state index is 12.5. The normalized spacial score (nSPS) is 19.3. The van der Waals surface area contributed by atoms with Crippen molar-refractivity contribution in [2.75, 3.05) is 13.1 Å². The summed E-state index contributed by atoms with van der Waals surface area (Å²) in [6, 6.07) is 4.56. The van der Waals surface area contributed by atoms with Crippen LogP contribution < -0.4 is 5.32 Å². The van der Waals surface area contributed by atoms with Crippen molar-refractivity contribution in [1.29, 1.82) is 0 Å². The summed E-state index contributed by atoms with van der Waals surface area (Å²) in [6.07, 6.45) is 6.24. The molecule has 2 aromatic heterocycles. The second-order valence-corrected chi connectivity index (χ2v) is 7.22. The minimum absolute atomic E-state index is 0.00419. The van der Waals surface area contributed by atoms with Crippen molar-refractivity contribution in [3.8, 4) is 0 Å². The smallest absolute Gasteiger partial charge is 0.317 e. The van der Waals surface area contributed by atoms with Gasteiger partial charge < -0.3 is 10.2 Å². The van der Waals surface area contributed by atoms with Gasteiger partial charge in [-0.1, -0.05) is 6.07 Å². The average Bonchev–Trinajstić information content (AvgIpc) is 3.31. The van der Waals surface area contributed by atoms with E-state index in [0.717, 1.165) is 49.3 Å². The molecule has 0 radical (unpaired) electrons. The predicted molar refractivity (Wildman–Crippen MR) is 95.4 cm³/mol. The van der Waals surface area contributed by atoms with Gasteiger partial charge in [-0.15, -0.1) is 0 Å². The molecule has 25 heavy (non-hydrogen) atoms. The fourth-order valence-electron chi connectivity index (χ4n) is 4.00. The van der Waals surface area contributed by atoms with Crippen molar-refractivity contribution in [3.05, 3.63) is 46.5 Å². The van der Waals surface area contributed by atoms with Crippen LogP contribution in [0.1, 0.15) is 47.1 Å². The largest absolute Gasteiger partial charge is 0.334 e. The van der Waals surface area contributed by atoms with Crippen LogP contribution in [0.3, 0.4) is 0 Å². The lowest BCUT2D eigenvalue weighted by atomic mass is 10.1. The molecule has 3 heterocycles. The number of hydrogen-bond acceptors (Lipinski definition) is 3. The van der Waals surface area contributed by atoms with Gasteiger partial charge in [0.25, 0.3) is 0 Å². The molecule has 6 heteroatoms. The fourth-order valence-corrected chi connectivity index (χ4v) is 4.00. The molecule has 1 aliphatic heterocycles. The number of likely N-dealkylation sites (tertiary alicyclic amines) is 1. The second-order valence-electron chi connectivity index (χ2n) is 7.22. The van der Waals surface area contributed by atoms with E-state index in [9.17, 15) is 4.79 Å². The van der Waals surface area contributed by atoms with Gasteiger partial charge in [0.1, 0.15) is 0 Å². The summed E-state index contributed by atoms with van der Waals surface area (Å²) in [5.41, 5.74) is 5.85. The quantitative estimate of drug-likeness (QED) is 0.935. The Morgan fingerprint density at radius 3 is 3.00 bits per heavy atom. The van der Waals surface area contributed by atoms with Gasteiger partial charge in [0.05, 0.1) is 11.7 Å². The van der Waals surface area contributed by atoms with Crippen molar-refractivity contribution < 1.29 is 4.79 Å². The highest BCUT2D eigenvalue weighted by molar-refractivity contribution is 5.74. The van der Waals surface area contributed by atoms with Gasteiger partial charge in [-0.2, -0.15) is 5.10 Å². The molecule has 0 unspecified atom stereocenters. The summed E-state index contributed by atoms with van der Waals surface area (Å²) < 4.78 is 2.06. The molecule has 1 aliphatic carbocycles. The first-order valence-corrected chi connectivity index (χ1v) is 9.12. The van der Waals surface area contributed by atoms with Crippen LogP contribution in [0.25, 0.3) is 0 Å². The molecule has 1 saturated heterocycles. The SMILES string of the molecule is Cc1cc(C)n([C@H]2CCN(C(=O)NCc3cnc4c(c3)CCC4)C2)n1. The zero-order valence-electron chi connectivity index (χ0n) is 15.0. The van der Waals surface area contributed by atoms with E-state index in [1.807, 2.05) is 18.0 Å². The minimum atomic E-state index is 0.00419. The van der Waals surface area contributed by atoms with Crippen LogP contribution in [0, 0.1) is 13.8 Å². The second kappa shape index (κ2) is 6.50. The lowest BCUT2D eigenvalue weighted by Crippen LogP contribution is -2.38. The Bertz CT molecular complexity index is 797. The topological polar surface area (TPSA) is 63.1 Å². The number of carbonyl (C=O) groups is 1. The van der Waals surface area contributed by atoms with Crippen molar-refractivity contribution in [2.45, 2.75) is 52.1 Å². The molecule has 2 amide bonds. The van der Waals surface area contributed by atoms with Crippen molar-refractivity contribution in [1.82, 2.24) is 25.0 Å². The maximum Gasteiger partial charge on any atom is 0.317 e. The first kappa shape index (κ1) is 16.1. The number of urea groups is 1. The third-order valence-corrected chi connectivity index (χ3v) is 5.26. The molecule has 6 nitrogen and oxygen atoms in total. The zero-order chi connectivity index (χ0) is 17.4. The van der Waals surface area contributed by atoms with Gasteiger partial charge in [-0.3, -0.25) is 9.67 Å². The van der Waals surface area contributed by atoms with Crippen LogP contribution in [0.15, 0.2) is 18.3 Å². The van der Waals surface area contributed by atoms with Gasteiger partial charge in [0, 0.05) is 37.2 Å². The number of nitrogens with one attached hydrogen (secondary N) is 1. The third-order valence-electron chi connectivity index (χ3n) is 5.26. The molecule has 2 aromatic rings. The molecule has 132 valence electrons. The Labute approximate surface area is 148 Å². The van der Waals surface area contributed by atoms with Crippen molar-refractivity contribution in [2.24, 2.45) is 0 Å². The van der Waals surface area contributed by atoms with E-state index in [0.29, 0.717) is 6.54 Å². The first-order chi connectivity index (χ1) is 12.1. The lowest BCUT2D eigenvalue weighted by molar-refractivity contribution is 0.206. The summed E-state index contributed by atoms with van der Waals surface area (Å²) in [5, 5.41) is 7.60. The van der Waals surface area contributed by atoms with Crippen LogP contribution in [0.2, 0.25) is 0 Å². The van der Waals surface area contributed by atoms with E-state index in [4.69, 9.17) is 0 Å². The van der Waals surface area contributed by atoms with Gasteiger partial charge >= 0.3 is 6.03 Å². The van der Waals surface area contributed by atoms with Gasteiger partial charge in [0.2, 0.25) is 0 Å². The number of carbonyl (C=O) groups excluding carboxylic acids is 1. The van der Waals surface area contributed by atoms with Gasteiger partial charge in [-0.25, -0.2) is 4.79 Å². The minimum Gasteiger partial charge on any atom is -0.334 e. The summed E-state index contributed by atoms with van der Waals surface area (Å²) >= 11 is 0. The van der Waals surface area contributed by atoms with Crippen LogP contribution in [-0.4, -0.2) is 38.8 Å². The monoisotopic (exact) mass is 339 g/mol. The Hall–Kier alpha value is -2.37. The molecule has 0 bridgehead atoms. The number of hydrogen-bond donors (Lipinski definition) is 1. The molecule has 2 aliphatic rings. The summed E-state index contributed by atoms with van der Waals surface area (Å²) in [5.74, 6) is 0. The number of aromatic nitrogens is 3. The third kappa shape index (κ3) is 3.25. The molecule has 1 fully saturated rings. The summed E-state index contributed by atoms with van der Waals surface area (Å²) in [6.45, 7) is 6.12. The highest BCUT2D eigenvalue weighted by Gasteiger charge is 2.28. The molecule has 0 saturated carbocycles. The van der Waals surface area contributed by atoms with Crippen LogP contribution in [0.5, 0.6) is 0 Å². The number of pyridine rings is 1. The first-order valence-electron chi connectivity index (χ1n) is 9.12. The van der Waals surface area contributed by atoms with Crippen molar-refractivity contribution in [3.63, 3.8) is 0 Å².